The van der Waals surface area contributed by atoms with E-state index in [1.807, 2.05) is 59.7 Å². The highest BCUT2D eigenvalue weighted by molar-refractivity contribution is 6.63. The van der Waals surface area contributed by atoms with Gasteiger partial charge >= 0.3 is 7.12 Å². The van der Waals surface area contributed by atoms with Gasteiger partial charge in [-0.3, -0.25) is 4.79 Å². The Bertz CT molecular complexity index is 963. The zero-order valence-corrected chi connectivity index (χ0v) is 19.5. The van der Waals surface area contributed by atoms with Crippen molar-refractivity contribution < 1.29 is 9.31 Å². The molecular formula is C21H27BCl2N2O3. The second-order valence-electron chi connectivity index (χ2n) is 8.90. The van der Waals surface area contributed by atoms with Crippen LogP contribution in [0.25, 0.3) is 0 Å². The summed E-state index contributed by atoms with van der Waals surface area (Å²) in [6, 6.07) is 5.49. The van der Waals surface area contributed by atoms with Crippen molar-refractivity contribution in [3.8, 4) is 0 Å². The van der Waals surface area contributed by atoms with Crippen LogP contribution < -0.4 is 11.0 Å². The quantitative estimate of drug-likeness (QED) is 0.677. The first-order chi connectivity index (χ1) is 13.3. The lowest BCUT2D eigenvalue weighted by Gasteiger charge is -2.32. The predicted molar refractivity (Wildman–Crippen MR) is 119 cm³/mol. The van der Waals surface area contributed by atoms with Gasteiger partial charge in [0.15, 0.2) is 0 Å². The summed E-state index contributed by atoms with van der Waals surface area (Å²) < 4.78 is 13.6. The van der Waals surface area contributed by atoms with Crippen molar-refractivity contribution >= 4 is 35.8 Å². The zero-order chi connectivity index (χ0) is 21.7. The molecule has 1 fully saturated rings. The molecule has 29 heavy (non-hydrogen) atoms. The Balaban J connectivity index is 1.93. The average Bonchev–Trinajstić information content (AvgIpc) is 2.81. The van der Waals surface area contributed by atoms with E-state index in [4.69, 9.17) is 32.5 Å². The molecule has 8 heteroatoms. The van der Waals surface area contributed by atoms with Crippen LogP contribution in [0.1, 0.15) is 64.3 Å². The summed E-state index contributed by atoms with van der Waals surface area (Å²) in [4.78, 5) is 12.3. The minimum Gasteiger partial charge on any atom is -0.399 e. The fraction of sp³-hybridized carbons (Fsp3) is 0.524. The molecule has 0 amide bonds. The third-order valence-electron chi connectivity index (χ3n) is 5.81. The van der Waals surface area contributed by atoms with Crippen LogP contribution in [0, 0.1) is 0 Å². The van der Waals surface area contributed by atoms with Gasteiger partial charge in [-0.25, -0.2) is 4.68 Å². The van der Waals surface area contributed by atoms with Crippen molar-refractivity contribution in [1.82, 2.24) is 9.78 Å². The Hall–Kier alpha value is -1.34. The highest BCUT2D eigenvalue weighted by Gasteiger charge is 2.51. The van der Waals surface area contributed by atoms with Gasteiger partial charge in [-0.2, -0.15) is 5.10 Å². The topological polar surface area (TPSA) is 53.4 Å². The van der Waals surface area contributed by atoms with Crippen molar-refractivity contribution in [1.29, 1.82) is 0 Å². The lowest BCUT2D eigenvalue weighted by atomic mass is 9.78. The smallest absolute Gasteiger partial charge is 0.399 e. The molecule has 0 bridgehead atoms. The van der Waals surface area contributed by atoms with E-state index in [0.29, 0.717) is 16.5 Å². The number of aryl methyl sites for hydroxylation is 1. The van der Waals surface area contributed by atoms with Crippen LogP contribution in [-0.4, -0.2) is 28.1 Å². The average molecular weight is 437 g/mol. The van der Waals surface area contributed by atoms with Crippen LogP contribution in [0.3, 0.4) is 0 Å². The lowest BCUT2D eigenvalue weighted by Crippen LogP contribution is -2.41. The predicted octanol–water partition coefficient (Wildman–Crippen LogP) is 4.10. The van der Waals surface area contributed by atoms with Crippen molar-refractivity contribution in [3.63, 3.8) is 0 Å². The molecule has 0 aliphatic carbocycles. The van der Waals surface area contributed by atoms with Gasteiger partial charge in [0.05, 0.1) is 16.9 Å². The first kappa shape index (κ1) is 22.4. The summed E-state index contributed by atoms with van der Waals surface area (Å²) in [6.07, 6.45) is 0.426. The Kier molecular flexibility index (Phi) is 5.96. The Morgan fingerprint density at radius 3 is 2.07 bits per heavy atom. The Labute approximate surface area is 182 Å². The van der Waals surface area contributed by atoms with E-state index in [1.165, 1.54) is 4.68 Å². The molecule has 0 saturated carbocycles. The molecule has 0 unspecified atom stereocenters. The van der Waals surface area contributed by atoms with Gasteiger partial charge in [0, 0.05) is 29.1 Å². The maximum absolute atomic E-state index is 12.3. The molecule has 0 radical (unpaired) electrons. The fourth-order valence-electron chi connectivity index (χ4n) is 3.28. The largest absolute Gasteiger partial charge is 0.494 e. The number of hydrogen-bond acceptors (Lipinski definition) is 4. The zero-order valence-electron chi connectivity index (χ0n) is 18.0. The summed E-state index contributed by atoms with van der Waals surface area (Å²) in [5, 5.41) is 5.40. The molecule has 2 aromatic rings. The van der Waals surface area contributed by atoms with E-state index in [1.54, 1.807) is 7.05 Å². The molecule has 1 aliphatic heterocycles. The van der Waals surface area contributed by atoms with Crippen molar-refractivity contribution in [2.45, 2.75) is 65.1 Å². The fourth-order valence-corrected chi connectivity index (χ4v) is 3.92. The van der Waals surface area contributed by atoms with Crippen LogP contribution in [0.2, 0.25) is 10.0 Å². The molecule has 0 N–H and O–H groups in total. The molecule has 0 atom stereocenters. The summed E-state index contributed by atoms with van der Waals surface area (Å²) in [5.74, 6) is 0.104. The van der Waals surface area contributed by atoms with E-state index in [2.05, 4.69) is 5.10 Å². The first-order valence-corrected chi connectivity index (χ1v) is 10.5. The summed E-state index contributed by atoms with van der Waals surface area (Å²) in [7, 11) is 1.12. The summed E-state index contributed by atoms with van der Waals surface area (Å²) >= 11 is 13.2. The number of rotatable bonds is 4. The van der Waals surface area contributed by atoms with Crippen LogP contribution in [-0.2, 0) is 22.8 Å². The third-order valence-corrected chi connectivity index (χ3v) is 6.48. The van der Waals surface area contributed by atoms with Gasteiger partial charge in [0.25, 0.3) is 5.56 Å². The van der Waals surface area contributed by atoms with E-state index in [9.17, 15) is 4.79 Å². The van der Waals surface area contributed by atoms with Crippen molar-refractivity contribution in [2.75, 3.05) is 0 Å². The summed E-state index contributed by atoms with van der Waals surface area (Å²) in [6.45, 7) is 12.0. The Morgan fingerprint density at radius 2 is 1.59 bits per heavy atom. The number of aromatic nitrogens is 2. The molecule has 1 aromatic carbocycles. The number of hydrogen-bond donors (Lipinski definition) is 0. The van der Waals surface area contributed by atoms with Crippen LogP contribution in [0.15, 0.2) is 23.0 Å². The van der Waals surface area contributed by atoms with E-state index < -0.39 is 18.3 Å². The molecule has 5 nitrogen and oxygen atoms in total. The normalized spacial score (nSPS) is 17.9. The van der Waals surface area contributed by atoms with Gasteiger partial charge in [-0.1, -0.05) is 37.0 Å². The molecule has 1 saturated heterocycles. The van der Waals surface area contributed by atoms with Crippen LogP contribution >= 0.6 is 23.2 Å². The molecule has 0 spiro atoms. The molecular weight excluding hydrogens is 410 g/mol. The molecule has 2 heterocycles. The molecule has 1 aliphatic rings. The second kappa shape index (κ2) is 7.73. The van der Waals surface area contributed by atoms with E-state index in [-0.39, 0.29) is 11.5 Å². The SMILES string of the molecule is CC(C)c1cc(Cc2c(Cl)cc(B3OC(C)(C)C(C)(C)O3)cc2Cl)nn(C)c1=O. The highest BCUT2D eigenvalue weighted by atomic mass is 35.5. The number of benzene rings is 1. The molecule has 156 valence electrons. The summed E-state index contributed by atoms with van der Waals surface area (Å²) in [5.41, 5.74) is 2.02. The van der Waals surface area contributed by atoms with Gasteiger partial charge < -0.3 is 9.31 Å². The molecule has 3 rings (SSSR count). The maximum Gasteiger partial charge on any atom is 0.494 e. The lowest BCUT2D eigenvalue weighted by molar-refractivity contribution is 0.00578. The standard InChI is InChI=1S/C21H27BCl2N2O3/c1-12(2)15-10-14(25-26(7)19(15)27)11-16-17(23)8-13(9-18(16)24)22-28-20(3,4)21(5,6)29-22/h8-10,12H,11H2,1-7H3. The van der Waals surface area contributed by atoms with E-state index >= 15 is 0 Å². The third kappa shape index (κ3) is 4.27. The van der Waals surface area contributed by atoms with Crippen LogP contribution in [0.4, 0.5) is 0 Å². The minimum atomic E-state index is -0.535. The highest BCUT2D eigenvalue weighted by Crippen LogP contribution is 2.37. The van der Waals surface area contributed by atoms with E-state index in [0.717, 1.165) is 22.3 Å². The maximum atomic E-state index is 12.3. The Morgan fingerprint density at radius 1 is 1.07 bits per heavy atom. The van der Waals surface area contributed by atoms with Crippen LogP contribution in [0.5, 0.6) is 0 Å². The molecule has 1 aromatic heterocycles. The van der Waals surface area contributed by atoms with Crippen molar-refractivity contribution in [3.05, 3.63) is 55.4 Å². The van der Waals surface area contributed by atoms with Crippen molar-refractivity contribution in [2.24, 2.45) is 7.05 Å². The van der Waals surface area contributed by atoms with Gasteiger partial charge in [0.2, 0.25) is 0 Å². The first-order valence-electron chi connectivity index (χ1n) is 9.73. The number of halogens is 2. The van der Waals surface area contributed by atoms with Gasteiger partial charge in [-0.05, 0) is 62.8 Å². The van der Waals surface area contributed by atoms with Gasteiger partial charge in [-0.15, -0.1) is 0 Å². The van der Waals surface area contributed by atoms with Gasteiger partial charge in [0.1, 0.15) is 0 Å². The monoisotopic (exact) mass is 436 g/mol. The minimum absolute atomic E-state index is 0.0861. The second-order valence-corrected chi connectivity index (χ2v) is 9.72. The number of nitrogens with zero attached hydrogens (tertiary/aromatic N) is 2.